The maximum Gasteiger partial charge on any atom is 0.335 e. The second-order valence-electron chi connectivity index (χ2n) is 6.60. The van der Waals surface area contributed by atoms with Gasteiger partial charge in [0.05, 0.1) is 5.56 Å². The first-order valence-corrected chi connectivity index (χ1v) is 8.86. The number of halogens is 1. The van der Waals surface area contributed by atoms with Crippen molar-refractivity contribution in [2.75, 3.05) is 5.32 Å². The highest BCUT2D eigenvalue weighted by atomic mass is 19.1. The van der Waals surface area contributed by atoms with Crippen LogP contribution in [0.1, 0.15) is 50.9 Å². The second-order valence-corrected chi connectivity index (χ2v) is 6.60. The van der Waals surface area contributed by atoms with Crippen LogP contribution in [0.25, 0.3) is 0 Å². The van der Waals surface area contributed by atoms with E-state index in [2.05, 4.69) is 15.4 Å². The van der Waals surface area contributed by atoms with E-state index < -0.39 is 17.7 Å². The molecule has 0 bridgehead atoms. The Bertz CT molecular complexity index is 1050. The van der Waals surface area contributed by atoms with Gasteiger partial charge in [-0.2, -0.15) is 4.98 Å². The largest absolute Gasteiger partial charge is 0.478 e. The Kier molecular flexibility index (Phi) is 4.60. The van der Waals surface area contributed by atoms with Gasteiger partial charge in [-0.3, -0.25) is 10.1 Å². The number of benzene rings is 2. The van der Waals surface area contributed by atoms with Gasteiger partial charge in [0.25, 0.3) is 5.91 Å². The maximum absolute atomic E-state index is 13.0. The Hall–Kier alpha value is -3.55. The van der Waals surface area contributed by atoms with E-state index in [0.717, 1.165) is 18.4 Å². The third-order valence-corrected chi connectivity index (χ3v) is 4.74. The minimum Gasteiger partial charge on any atom is -0.478 e. The number of aromatic carboxylic acids is 1. The van der Waals surface area contributed by atoms with Crippen LogP contribution in [0.15, 0.2) is 48.5 Å². The molecule has 0 spiro atoms. The highest BCUT2D eigenvalue weighted by Crippen LogP contribution is 2.33. The molecule has 3 aromatic rings. The van der Waals surface area contributed by atoms with Crippen molar-refractivity contribution >= 4 is 17.8 Å². The molecule has 1 unspecified atom stereocenters. The summed E-state index contributed by atoms with van der Waals surface area (Å²) in [7, 11) is 0. The van der Waals surface area contributed by atoms with Crippen LogP contribution in [0.4, 0.5) is 10.3 Å². The van der Waals surface area contributed by atoms with E-state index in [0.29, 0.717) is 17.9 Å². The molecule has 4 rings (SSSR count). The molecule has 1 aliphatic heterocycles. The molecular weight excluding hydrogens is 363 g/mol. The molecule has 0 aliphatic carbocycles. The molecule has 0 fully saturated rings. The molecule has 142 valence electrons. The van der Waals surface area contributed by atoms with Crippen LogP contribution < -0.4 is 5.32 Å². The van der Waals surface area contributed by atoms with Gasteiger partial charge < -0.3 is 5.11 Å². The zero-order chi connectivity index (χ0) is 19.7. The summed E-state index contributed by atoms with van der Waals surface area (Å²) in [5.41, 5.74) is 1.38. The lowest BCUT2D eigenvalue weighted by Crippen LogP contribution is -2.18. The lowest BCUT2D eigenvalue weighted by atomic mass is 9.90. The number of rotatable bonds is 4. The van der Waals surface area contributed by atoms with Crippen LogP contribution in [0, 0.1) is 5.82 Å². The minimum absolute atomic E-state index is 0.1000. The van der Waals surface area contributed by atoms with Crippen molar-refractivity contribution in [3.8, 4) is 0 Å². The van der Waals surface area contributed by atoms with E-state index >= 15 is 0 Å². The van der Waals surface area contributed by atoms with Crippen molar-refractivity contribution in [3.05, 3.63) is 76.9 Å². The average molecular weight is 380 g/mol. The summed E-state index contributed by atoms with van der Waals surface area (Å²) in [5, 5.41) is 16.2. The van der Waals surface area contributed by atoms with Gasteiger partial charge in [0, 0.05) is 18.0 Å². The molecule has 2 N–H and O–H groups in total. The summed E-state index contributed by atoms with van der Waals surface area (Å²) in [6, 6.07) is 12.0. The molecule has 28 heavy (non-hydrogen) atoms. The van der Waals surface area contributed by atoms with E-state index in [4.69, 9.17) is 0 Å². The summed E-state index contributed by atoms with van der Waals surface area (Å²) < 4.78 is 14.8. The number of carbonyl (C=O) groups is 2. The van der Waals surface area contributed by atoms with Crippen molar-refractivity contribution in [1.29, 1.82) is 0 Å². The summed E-state index contributed by atoms with van der Waals surface area (Å²) in [6.07, 6.45) is 1.68. The topological polar surface area (TPSA) is 97.1 Å². The number of aromatic nitrogens is 3. The van der Waals surface area contributed by atoms with Gasteiger partial charge in [0.15, 0.2) is 0 Å². The first-order valence-electron chi connectivity index (χ1n) is 8.86. The van der Waals surface area contributed by atoms with Crippen molar-refractivity contribution < 1.29 is 19.1 Å². The van der Waals surface area contributed by atoms with E-state index in [1.54, 1.807) is 22.9 Å². The summed E-state index contributed by atoms with van der Waals surface area (Å²) in [6.45, 7) is 0.671. The van der Waals surface area contributed by atoms with Gasteiger partial charge in [0.2, 0.25) is 5.95 Å². The Labute approximate surface area is 159 Å². The van der Waals surface area contributed by atoms with Crippen molar-refractivity contribution in [2.24, 2.45) is 0 Å². The molecule has 0 saturated heterocycles. The van der Waals surface area contributed by atoms with Crippen LogP contribution in [-0.2, 0) is 6.54 Å². The van der Waals surface area contributed by atoms with Crippen LogP contribution in [0.3, 0.4) is 0 Å². The van der Waals surface area contributed by atoms with Crippen LogP contribution >= 0.6 is 0 Å². The fraction of sp³-hybridized carbons (Fsp3) is 0.200. The van der Waals surface area contributed by atoms with Crippen molar-refractivity contribution in [2.45, 2.75) is 25.3 Å². The fourth-order valence-electron chi connectivity index (χ4n) is 3.38. The number of fused-ring (bicyclic) bond motifs is 1. The predicted octanol–water partition coefficient (Wildman–Crippen LogP) is 3.29. The van der Waals surface area contributed by atoms with Gasteiger partial charge in [0.1, 0.15) is 11.6 Å². The number of amides is 1. The minimum atomic E-state index is -0.980. The molecule has 1 atom stereocenters. The number of hydrogen-bond acceptors (Lipinski definition) is 4. The number of aryl methyl sites for hydroxylation is 1. The standard InChI is InChI=1S/C20H17FN4O3/c21-15-8-6-12(7-9-15)18(26)23-20-22-17-16(5-2-10-25(17)24-20)13-3-1-4-14(11-13)19(27)28/h1,3-4,6-9,11,16H,2,5,10H2,(H,27,28)(H,23,24,26). The first-order chi connectivity index (χ1) is 13.5. The van der Waals surface area contributed by atoms with Crippen molar-refractivity contribution in [1.82, 2.24) is 14.8 Å². The lowest BCUT2D eigenvalue weighted by molar-refractivity contribution is 0.0696. The normalized spacial score (nSPS) is 15.7. The van der Waals surface area contributed by atoms with E-state index in [-0.39, 0.29) is 17.4 Å². The second kappa shape index (κ2) is 7.22. The molecule has 1 aliphatic rings. The third-order valence-electron chi connectivity index (χ3n) is 4.74. The maximum atomic E-state index is 13.0. The zero-order valence-electron chi connectivity index (χ0n) is 14.8. The van der Waals surface area contributed by atoms with Crippen LogP contribution in [0.5, 0.6) is 0 Å². The molecule has 8 heteroatoms. The van der Waals surface area contributed by atoms with Gasteiger partial charge in [-0.15, -0.1) is 5.10 Å². The number of hydrogen-bond donors (Lipinski definition) is 2. The molecule has 2 aromatic carbocycles. The number of nitrogens with one attached hydrogen (secondary N) is 1. The van der Waals surface area contributed by atoms with Gasteiger partial charge in [-0.05, 0) is 54.8 Å². The van der Waals surface area contributed by atoms with Gasteiger partial charge >= 0.3 is 5.97 Å². The van der Waals surface area contributed by atoms with Crippen LogP contribution in [0.2, 0.25) is 0 Å². The first kappa shape index (κ1) is 17.8. The monoisotopic (exact) mass is 380 g/mol. The Morgan fingerprint density at radius 1 is 1.14 bits per heavy atom. The number of carboxylic acids is 1. The Morgan fingerprint density at radius 3 is 2.68 bits per heavy atom. The summed E-state index contributed by atoms with van der Waals surface area (Å²) in [5.74, 6) is -1.07. The van der Waals surface area contributed by atoms with Crippen LogP contribution in [-0.4, -0.2) is 31.7 Å². The number of anilines is 1. The van der Waals surface area contributed by atoms with E-state index in [9.17, 15) is 19.1 Å². The number of nitrogens with zero attached hydrogens (tertiary/aromatic N) is 3. The molecule has 1 aromatic heterocycles. The average Bonchev–Trinajstić information content (AvgIpc) is 3.10. The Morgan fingerprint density at radius 2 is 1.93 bits per heavy atom. The highest BCUT2D eigenvalue weighted by molar-refractivity contribution is 6.03. The SMILES string of the molecule is O=C(O)c1cccc(C2CCCn3nc(NC(=O)c4ccc(F)cc4)nc32)c1. The van der Waals surface area contributed by atoms with Crippen molar-refractivity contribution in [3.63, 3.8) is 0 Å². The highest BCUT2D eigenvalue weighted by Gasteiger charge is 2.27. The van der Waals surface area contributed by atoms with Gasteiger partial charge in [-0.25, -0.2) is 13.9 Å². The summed E-state index contributed by atoms with van der Waals surface area (Å²) in [4.78, 5) is 28.0. The fourth-order valence-corrected chi connectivity index (χ4v) is 3.38. The Balaban J connectivity index is 1.60. The smallest absolute Gasteiger partial charge is 0.335 e. The molecule has 0 radical (unpaired) electrons. The summed E-state index contributed by atoms with van der Waals surface area (Å²) >= 11 is 0. The van der Waals surface area contributed by atoms with E-state index in [1.807, 2.05) is 6.07 Å². The molecule has 2 heterocycles. The molecular formula is C20H17FN4O3. The van der Waals surface area contributed by atoms with E-state index in [1.165, 1.54) is 24.3 Å². The zero-order valence-corrected chi connectivity index (χ0v) is 14.8. The molecule has 7 nitrogen and oxygen atoms in total. The number of carboxylic acid groups (broad SMARTS) is 1. The quantitative estimate of drug-likeness (QED) is 0.724. The number of carbonyl (C=O) groups excluding carboxylic acids is 1. The van der Waals surface area contributed by atoms with Gasteiger partial charge in [-0.1, -0.05) is 12.1 Å². The third kappa shape index (κ3) is 3.48. The molecule has 0 saturated carbocycles. The predicted molar refractivity (Wildman–Crippen MR) is 98.9 cm³/mol. The molecule has 1 amide bonds. The lowest BCUT2D eigenvalue weighted by Gasteiger charge is -2.22.